The molecular formula is C14H18N2O2. The van der Waals surface area contributed by atoms with Crippen LogP contribution in [0.3, 0.4) is 0 Å². The lowest BCUT2D eigenvalue weighted by atomic mass is 10.2. The Balaban J connectivity index is 2.28. The predicted molar refractivity (Wildman–Crippen MR) is 72.7 cm³/mol. The van der Waals surface area contributed by atoms with E-state index in [4.69, 9.17) is 15.2 Å². The minimum Gasteiger partial charge on any atom is -0.485 e. The van der Waals surface area contributed by atoms with Crippen LogP contribution in [0.2, 0.25) is 0 Å². The van der Waals surface area contributed by atoms with Crippen molar-refractivity contribution in [3.05, 3.63) is 30.5 Å². The number of hydrogen-bond donors (Lipinski definition) is 1. The standard InChI is InChI=1S/C14H18N2O2/c1-3-17-9-10(2)18-14-11-6-4-5-7-13(11)16-8-12(14)15/h4-8,10H,3,9,15H2,1-2H3. The van der Waals surface area contributed by atoms with Crippen LogP contribution in [0.4, 0.5) is 5.69 Å². The fourth-order valence-electron chi connectivity index (χ4n) is 1.78. The van der Waals surface area contributed by atoms with E-state index < -0.39 is 0 Å². The number of pyridine rings is 1. The molecule has 0 amide bonds. The molecule has 0 radical (unpaired) electrons. The predicted octanol–water partition coefficient (Wildman–Crippen LogP) is 2.62. The molecule has 96 valence electrons. The van der Waals surface area contributed by atoms with Gasteiger partial charge in [-0.2, -0.15) is 0 Å². The van der Waals surface area contributed by atoms with E-state index in [0.29, 0.717) is 24.7 Å². The van der Waals surface area contributed by atoms with E-state index in [-0.39, 0.29) is 6.10 Å². The zero-order chi connectivity index (χ0) is 13.0. The number of fused-ring (bicyclic) bond motifs is 1. The van der Waals surface area contributed by atoms with E-state index in [9.17, 15) is 0 Å². The Kier molecular flexibility index (Phi) is 3.99. The smallest absolute Gasteiger partial charge is 0.153 e. The molecule has 0 saturated heterocycles. The fourth-order valence-corrected chi connectivity index (χ4v) is 1.78. The topological polar surface area (TPSA) is 57.4 Å². The average Bonchev–Trinajstić information content (AvgIpc) is 2.40. The van der Waals surface area contributed by atoms with Gasteiger partial charge in [0.05, 0.1) is 24.0 Å². The van der Waals surface area contributed by atoms with Crippen molar-refractivity contribution in [2.75, 3.05) is 18.9 Å². The molecule has 0 fully saturated rings. The van der Waals surface area contributed by atoms with Crippen molar-refractivity contribution in [2.24, 2.45) is 0 Å². The summed E-state index contributed by atoms with van der Waals surface area (Å²) < 4.78 is 11.2. The van der Waals surface area contributed by atoms with Gasteiger partial charge in [0.2, 0.25) is 0 Å². The van der Waals surface area contributed by atoms with E-state index in [1.807, 2.05) is 38.1 Å². The van der Waals surface area contributed by atoms with Crippen LogP contribution in [-0.4, -0.2) is 24.3 Å². The molecule has 2 aromatic rings. The van der Waals surface area contributed by atoms with Gasteiger partial charge in [0.1, 0.15) is 6.10 Å². The molecule has 2 rings (SSSR count). The lowest BCUT2D eigenvalue weighted by molar-refractivity contribution is 0.0668. The van der Waals surface area contributed by atoms with Crippen LogP contribution in [0.5, 0.6) is 5.75 Å². The molecule has 0 spiro atoms. The van der Waals surface area contributed by atoms with Crippen LogP contribution in [0.25, 0.3) is 10.9 Å². The van der Waals surface area contributed by atoms with Gasteiger partial charge in [-0.05, 0) is 26.0 Å². The van der Waals surface area contributed by atoms with Crippen LogP contribution >= 0.6 is 0 Å². The highest BCUT2D eigenvalue weighted by atomic mass is 16.5. The van der Waals surface area contributed by atoms with Crippen molar-refractivity contribution >= 4 is 16.6 Å². The van der Waals surface area contributed by atoms with Gasteiger partial charge >= 0.3 is 0 Å². The maximum absolute atomic E-state index is 5.94. The number of aromatic nitrogens is 1. The van der Waals surface area contributed by atoms with Crippen molar-refractivity contribution in [3.8, 4) is 5.75 Å². The number of ether oxygens (including phenoxy) is 2. The SMILES string of the molecule is CCOCC(C)Oc1c(N)cnc2ccccc12. The molecule has 0 bridgehead atoms. The largest absolute Gasteiger partial charge is 0.485 e. The monoisotopic (exact) mass is 246 g/mol. The van der Waals surface area contributed by atoms with Gasteiger partial charge in [-0.15, -0.1) is 0 Å². The summed E-state index contributed by atoms with van der Waals surface area (Å²) in [5.41, 5.74) is 7.37. The highest BCUT2D eigenvalue weighted by Gasteiger charge is 2.11. The van der Waals surface area contributed by atoms with Gasteiger partial charge in [0.15, 0.2) is 5.75 Å². The van der Waals surface area contributed by atoms with Crippen LogP contribution in [0.1, 0.15) is 13.8 Å². The van der Waals surface area contributed by atoms with E-state index >= 15 is 0 Å². The first-order valence-electron chi connectivity index (χ1n) is 6.10. The highest BCUT2D eigenvalue weighted by molar-refractivity contribution is 5.89. The zero-order valence-corrected chi connectivity index (χ0v) is 10.7. The van der Waals surface area contributed by atoms with Gasteiger partial charge in [-0.25, -0.2) is 0 Å². The number of benzene rings is 1. The van der Waals surface area contributed by atoms with Crippen molar-refractivity contribution in [3.63, 3.8) is 0 Å². The van der Waals surface area contributed by atoms with Gasteiger partial charge in [-0.1, -0.05) is 12.1 Å². The Bertz CT molecular complexity index is 528. The maximum Gasteiger partial charge on any atom is 0.153 e. The second kappa shape index (κ2) is 5.69. The molecular weight excluding hydrogens is 228 g/mol. The highest BCUT2D eigenvalue weighted by Crippen LogP contribution is 2.30. The molecule has 1 unspecified atom stereocenters. The lowest BCUT2D eigenvalue weighted by Crippen LogP contribution is -2.19. The Morgan fingerprint density at radius 1 is 1.33 bits per heavy atom. The summed E-state index contributed by atoms with van der Waals surface area (Å²) in [5.74, 6) is 0.688. The van der Waals surface area contributed by atoms with Crippen molar-refractivity contribution in [2.45, 2.75) is 20.0 Å². The first-order valence-corrected chi connectivity index (χ1v) is 6.10. The minimum absolute atomic E-state index is 0.0435. The Morgan fingerprint density at radius 3 is 2.89 bits per heavy atom. The number of rotatable bonds is 5. The summed E-state index contributed by atoms with van der Waals surface area (Å²) in [5, 5.41) is 0.931. The van der Waals surface area contributed by atoms with Crippen LogP contribution in [0, 0.1) is 0 Å². The molecule has 0 aliphatic carbocycles. The van der Waals surface area contributed by atoms with E-state index in [1.54, 1.807) is 6.20 Å². The first kappa shape index (κ1) is 12.6. The van der Waals surface area contributed by atoms with E-state index in [1.165, 1.54) is 0 Å². The Hall–Kier alpha value is -1.81. The number of nitrogens with zero attached hydrogens (tertiary/aromatic N) is 1. The molecule has 1 atom stereocenters. The number of nitrogens with two attached hydrogens (primary N) is 1. The molecule has 4 heteroatoms. The van der Waals surface area contributed by atoms with Gasteiger partial charge in [0.25, 0.3) is 0 Å². The number of nitrogen functional groups attached to an aromatic ring is 1. The number of anilines is 1. The molecule has 4 nitrogen and oxygen atoms in total. The molecule has 18 heavy (non-hydrogen) atoms. The third-order valence-electron chi connectivity index (χ3n) is 2.63. The zero-order valence-electron chi connectivity index (χ0n) is 10.7. The summed E-state index contributed by atoms with van der Waals surface area (Å²) >= 11 is 0. The molecule has 2 N–H and O–H groups in total. The number of para-hydroxylation sites is 1. The third kappa shape index (κ3) is 2.71. The second-order valence-corrected chi connectivity index (χ2v) is 4.15. The van der Waals surface area contributed by atoms with Crippen LogP contribution in [0.15, 0.2) is 30.5 Å². The van der Waals surface area contributed by atoms with Crippen LogP contribution in [-0.2, 0) is 4.74 Å². The van der Waals surface area contributed by atoms with Crippen molar-refractivity contribution in [1.82, 2.24) is 4.98 Å². The third-order valence-corrected chi connectivity index (χ3v) is 2.63. The molecule has 0 aliphatic heterocycles. The maximum atomic E-state index is 5.94. The van der Waals surface area contributed by atoms with Gasteiger partial charge < -0.3 is 15.2 Å². The minimum atomic E-state index is -0.0435. The number of hydrogen-bond acceptors (Lipinski definition) is 4. The van der Waals surface area contributed by atoms with Gasteiger partial charge in [0, 0.05) is 12.0 Å². The van der Waals surface area contributed by atoms with E-state index in [0.717, 1.165) is 10.9 Å². The van der Waals surface area contributed by atoms with E-state index in [2.05, 4.69) is 4.98 Å². The molecule has 1 heterocycles. The lowest BCUT2D eigenvalue weighted by Gasteiger charge is -2.17. The summed E-state index contributed by atoms with van der Waals surface area (Å²) in [6.45, 7) is 5.15. The van der Waals surface area contributed by atoms with Crippen molar-refractivity contribution in [1.29, 1.82) is 0 Å². The Labute approximate surface area is 107 Å². The summed E-state index contributed by atoms with van der Waals surface area (Å²) in [4.78, 5) is 4.27. The fraction of sp³-hybridized carbons (Fsp3) is 0.357. The van der Waals surface area contributed by atoms with Crippen LogP contribution < -0.4 is 10.5 Å². The second-order valence-electron chi connectivity index (χ2n) is 4.15. The molecule has 1 aromatic carbocycles. The summed E-state index contributed by atoms with van der Waals surface area (Å²) in [6, 6.07) is 7.79. The molecule has 1 aromatic heterocycles. The Morgan fingerprint density at radius 2 is 2.11 bits per heavy atom. The molecule has 0 saturated carbocycles. The van der Waals surface area contributed by atoms with Crippen molar-refractivity contribution < 1.29 is 9.47 Å². The summed E-state index contributed by atoms with van der Waals surface area (Å²) in [7, 11) is 0. The quantitative estimate of drug-likeness (QED) is 0.881. The normalized spacial score (nSPS) is 12.6. The van der Waals surface area contributed by atoms with Gasteiger partial charge in [-0.3, -0.25) is 4.98 Å². The molecule has 0 aliphatic rings. The summed E-state index contributed by atoms with van der Waals surface area (Å²) in [6.07, 6.45) is 1.59. The average molecular weight is 246 g/mol. The first-order chi connectivity index (χ1) is 8.72.